The number of aliphatic hydroxyl groups is 1. The first-order valence-corrected chi connectivity index (χ1v) is 4.46. The van der Waals surface area contributed by atoms with E-state index >= 15 is 0 Å². The molecule has 1 unspecified atom stereocenters. The van der Waals surface area contributed by atoms with Gasteiger partial charge in [0.1, 0.15) is 5.82 Å². The summed E-state index contributed by atoms with van der Waals surface area (Å²) in [5.74, 6) is -0.298. The van der Waals surface area contributed by atoms with Crippen molar-refractivity contribution in [2.24, 2.45) is 0 Å². The van der Waals surface area contributed by atoms with Gasteiger partial charge in [0.15, 0.2) is 0 Å². The molecule has 0 aromatic heterocycles. The van der Waals surface area contributed by atoms with Crippen LogP contribution in [-0.2, 0) is 0 Å². The van der Waals surface area contributed by atoms with Crippen molar-refractivity contribution >= 4 is 15.9 Å². The molecule has 0 spiro atoms. The molecule has 3 heteroatoms. The third-order valence-corrected chi connectivity index (χ3v) is 2.44. The van der Waals surface area contributed by atoms with Gasteiger partial charge in [0.2, 0.25) is 0 Å². The normalized spacial score (nSPS) is 13.1. The third kappa shape index (κ3) is 1.67. The number of benzene rings is 1. The van der Waals surface area contributed by atoms with E-state index in [9.17, 15) is 9.50 Å². The van der Waals surface area contributed by atoms with Crippen LogP contribution >= 0.6 is 15.9 Å². The van der Waals surface area contributed by atoms with Crippen LogP contribution in [0.5, 0.6) is 0 Å². The Balaban J connectivity index is 3.27. The number of hydrogen-bond donors (Lipinski definition) is 1. The molecule has 0 saturated carbocycles. The van der Waals surface area contributed by atoms with E-state index in [-0.39, 0.29) is 5.82 Å². The zero-order valence-corrected chi connectivity index (χ0v) is 8.52. The van der Waals surface area contributed by atoms with Crippen LogP contribution < -0.4 is 0 Å². The van der Waals surface area contributed by atoms with Crippen LogP contribution in [-0.4, -0.2) is 5.11 Å². The molecule has 0 saturated heterocycles. The highest BCUT2D eigenvalue weighted by atomic mass is 79.9. The number of aliphatic hydroxyl groups excluding tert-OH is 1. The van der Waals surface area contributed by atoms with E-state index in [0.717, 1.165) is 0 Å². The second kappa shape index (κ2) is 3.54. The van der Waals surface area contributed by atoms with Gasteiger partial charge in [0.25, 0.3) is 0 Å². The summed E-state index contributed by atoms with van der Waals surface area (Å²) in [7, 11) is 0. The van der Waals surface area contributed by atoms with Crippen molar-refractivity contribution in [3.05, 3.63) is 33.5 Å². The molecular weight excluding hydrogens is 223 g/mol. The minimum atomic E-state index is -0.618. The Morgan fingerprint density at radius 2 is 2.08 bits per heavy atom. The number of halogens is 2. The Morgan fingerprint density at radius 3 is 2.58 bits per heavy atom. The van der Waals surface area contributed by atoms with E-state index in [2.05, 4.69) is 15.9 Å². The highest BCUT2D eigenvalue weighted by Crippen LogP contribution is 2.25. The van der Waals surface area contributed by atoms with Gasteiger partial charge in [-0.2, -0.15) is 0 Å². The Bertz CT molecular complexity index is 297. The summed E-state index contributed by atoms with van der Waals surface area (Å²) in [5.41, 5.74) is 1.13. The molecular formula is C9H10BrFO. The second-order valence-electron chi connectivity index (χ2n) is 2.75. The van der Waals surface area contributed by atoms with Crippen molar-refractivity contribution in [2.45, 2.75) is 20.0 Å². The van der Waals surface area contributed by atoms with Crippen LogP contribution in [0.3, 0.4) is 0 Å². The van der Waals surface area contributed by atoms with Gasteiger partial charge in [-0.05, 0) is 47.0 Å². The lowest BCUT2D eigenvalue weighted by molar-refractivity contribution is 0.198. The lowest BCUT2D eigenvalue weighted by Crippen LogP contribution is -1.97. The summed E-state index contributed by atoms with van der Waals surface area (Å²) in [5, 5.41) is 9.24. The van der Waals surface area contributed by atoms with Crippen LogP contribution in [0, 0.1) is 12.7 Å². The summed E-state index contributed by atoms with van der Waals surface area (Å²) < 4.78 is 13.6. The number of rotatable bonds is 1. The van der Waals surface area contributed by atoms with E-state index in [1.54, 1.807) is 26.0 Å². The van der Waals surface area contributed by atoms with Crippen molar-refractivity contribution in [3.8, 4) is 0 Å². The molecule has 1 atom stereocenters. The highest BCUT2D eigenvalue weighted by molar-refractivity contribution is 9.10. The minimum absolute atomic E-state index is 0.298. The maximum absolute atomic E-state index is 13.2. The summed E-state index contributed by atoms with van der Waals surface area (Å²) in [6.45, 7) is 3.28. The predicted octanol–water partition coefficient (Wildman–Crippen LogP) is 2.95. The van der Waals surface area contributed by atoms with Crippen molar-refractivity contribution in [1.29, 1.82) is 0 Å². The molecule has 66 valence electrons. The largest absolute Gasteiger partial charge is 0.389 e. The van der Waals surface area contributed by atoms with Gasteiger partial charge in [-0.25, -0.2) is 4.39 Å². The van der Waals surface area contributed by atoms with Gasteiger partial charge in [0.05, 0.1) is 10.6 Å². The van der Waals surface area contributed by atoms with Crippen LogP contribution in [0.2, 0.25) is 0 Å². The zero-order chi connectivity index (χ0) is 9.30. The van der Waals surface area contributed by atoms with Crippen LogP contribution in [0.25, 0.3) is 0 Å². The summed E-state index contributed by atoms with van der Waals surface area (Å²) in [4.78, 5) is 0. The van der Waals surface area contributed by atoms with E-state index < -0.39 is 6.10 Å². The first-order valence-electron chi connectivity index (χ1n) is 3.66. The molecule has 0 amide bonds. The lowest BCUT2D eigenvalue weighted by Gasteiger charge is -2.09. The fourth-order valence-electron chi connectivity index (χ4n) is 1.12. The van der Waals surface area contributed by atoms with Gasteiger partial charge in [-0.15, -0.1) is 0 Å². The molecule has 1 aromatic carbocycles. The van der Waals surface area contributed by atoms with Crippen LogP contribution in [0.4, 0.5) is 4.39 Å². The minimum Gasteiger partial charge on any atom is -0.389 e. The fourth-order valence-corrected chi connectivity index (χ4v) is 1.55. The van der Waals surface area contributed by atoms with Gasteiger partial charge in [-0.1, -0.05) is 6.07 Å². The summed E-state index contributed by atoms with van der Waals surface area (Å²) in [6.07, 6.45) is -0.618. The Hall–Kier alpha value is -0.410. The third-order valence-electron chi connectivity index (χ3n) is 1.83. The molecule has 12 heavy (non-hydrogen) atoms. The van der Waals surface area contributed by atoms with Crippen molar-refractivity contribution in [2.75, 3.05) is 0 Å². The maximum atomic E-state index is 13.2. The maximum Gasteiger partial charge on any atom is 0.140 e. The first-order chi connectivity index (χ1) is 5.54. The van der Waals surface area contributed by atoms with E-state index in [0.29, 0.717) is 15.6 Å². The standard InChI is InChI=1S/C9H10BrFO/c1-5-7(6(2)12)3-4-8(10)9(5)11/h3-4,6,12H,1-2H3. The van der Waals surface area contributed by atoms with Crippen molar-refractivity contribution in [3.63, 3.8) is 0 Å². The number of hydrogen-bond acceptors (Lipinski definition) is 1. The summed E-state index contributed by atoms with van der Waals surface area (Å²) >= 11 is 3.07. The van der Waals surface area contributed by atoms with Gasteiger partial charge >= 0.3 is 0 Å². The molecule has 0 bridgehead atoms. The Labute approximate surface area is 79.4 Å². The second-order valence-corrected chi connectivity index (χ2v) is 3.61. The fraction of sp³-hybridized carbons (Fsp3) is 0.333. The molecule has 0 radical (unpaired) electrons. The molecule has 1 N–H and O–H groups in total. The monoisotopic (exact) mass is 232 g/mol. The lowest BCUT2D eigenvalue weighted by atomic mass is 10.0. The average Bonchev–Trinajstić information content (AvgIpc) is 2.00. The average molecular weight is 233 g/mol. The zero-order valence-electron chi connectivity index (χ0n) is 6.94. The van der Waals surface area contributed by atoms with Crippen LogP contribution in [0.15, 0.2) is 16.6 Å². The van der Waals surface area contributed by atoms with Crippen molar-refractivity contribution < 1.29 is 9.50 Å². The molecule has 1 rings (SSSR count). The van der Waals surface area contributed by atoms with E-state index in [1.165, 1.54) is 0 Å². The van der Waals surface area contributed by atoms with Gasteiger partial charge in [0, 0.05) is 0 Å². The van der Waals surface area contributed by atoms with Gasteiger partial charge in [-0.3, -0.25) is 0 Å². The predicted molar refractivity (Wildman–Crippen MR) is 49.5 cm³/mol. The molecule has 0 aliphatic heterocycles. The highest BCUT2D eigenvalue weighted by Gasteiger charge is 2.10. The summed E-state index contributed by atoms with van der Waals surface area (Å²) in [6, 6.07) is 3.32. The molecule has 0 heterocycles. The van der Waals surface area contributed by atoms with Gasteiger partial charge < -0.3 is 5.11 Å². The van der Waals surface area contributed by atoms with Crippen LogP contribution in [0.1, 0.15) is 24.2 Å². The molecule has 0 aliphatic rings. The SMILES string of the molecule is Cc1c(C(C)O)ccc(Br)c1F. The first kappa shape index (κ1) is 9.68. The molecule has 0 fully saturated rings. The molecule has 1 aromatic rings. The van der Waals surface area contributed by atoms with E-state index in [4.69, 9.17) is 0 Å². The topological polar surface area (TPSA) is 20.2 Å². The van der Waals surface area contributed by atoms with E-state index in [1.807, 2.05) is 0 Å². The Kier molecular flexibility index (Phi) is 2.85. The quantitative estimate of drug-likeness (QED) is 0.790. The molecule has 1 nitrogen and oxygen atoms in total. The van der Waals surface area contributed by atoms with Crippen molar-refractivity contribution in [1.82, 2.24) is 0 Å². The smallest absolute Gasteiger partial charge is 0.140 e. The molecule has 0 aliphatic carbocycles. The Morgan fingerprint density at radius 1 is 1.50 bits per heavy atom.